The third-order valence-electron chi connectivity index (χ3n) is 8.77. The lowest BCUT2D eigenvalue weighted by molar-refractivity contribution is -0.00144. The summed E-state index contributed by atoms with van der Waals surface area (Å²) in [5.74, 6) is 1.41. The number of benzene rings is 4. The van der Waals surface area contributed by atoms with Gasteiger partial charge in [-0.25, -0.2) is 9.78 Å². The number of amides is 2. The lowest BCUT2D eigenvalue weighted by atomic mass is 9.65. The molecule has 237 valence electrons. The number of carbonyl (C=O) groups excluding carboxylic acids is 1. The van der Waals surface area contributed by atoms with Crippen LogP contribution in [-0.2, 0) is 16.6 Å². The molecule has 1 N–H and O–H groups in total. The maximum atomic E-state index is 14.8. The molecule has 2 heterocycles. The van der Waals surface area contributed by atoms with Crippen molar-refractivity contribution in [2.75, 3.05) is 28.8 Å². The summed E-state index contributed by atoms with van der Waals surface area (Å²) in [5, 5.41) is 3.30. The summed E-state index contributed by atoms with van der Waals surface area (Å²) in [4.78, 5) is 27.9. The molecule has 0 bridgehead atoms. The van der Waals surface area contributed by atoms with Crippen molar-refractivity contribution in [3.05, 3.63) is 138 Å². The van der Waals surface area contributed by atoms with Crippen LogP contribution in [0, 0.1) is 11.3 Å². The molecule has 0 aliphatic carbocycles. The highest BCUT2D eigenvalue weighted by atomic mass is 28.2. The van der Waals surface area contributed by atoms with E-state index >= 15 is 0 Å². The summed E-state index contributed by atoms with van der Waals surface area (Å²) < 4.78 is 11.9. The van der Waals surface area contributed by atoms with Crippen LogP contribution >= 0.6 is 0 Å². The average molecular weight is 641 g/mol. The third kappa shape index (κ3) is 6.37. The van der Waals surface area contributed by atoms with Crippen LogP contribution in [0.1, 0.15) is 37.5 Å². The van der Waals surface area contributed by atoms with E-state index in [2.05, 4.69) is 65.8 Å². The first kappa shape index (κ1) is 32.0. The third-order valence-corrected chi connectivity index (χ3v) is 9.09. The van der Waals surface area contributed by atoms with Crippen molar-refractivity contribution in [3.8, 4) is 5.75 Å². The highest BCUT2D eigenvalue weighted by Gasteiger charge is 2.50. The number of carbonyl (C=O) groups is 1. The summed E-state index contributed by atoms with van der Waals surface area (Å²) in [6.07, 6.45) is 1.80. The van der Waals surface area contributed by atoms with E-state index in [0.29, 0.717) is 24.1 Å². The molecule has 1 aromatic heterocycles. The predicted molar refractivity (Wildman–Crippen MR) is 187 cm³/mol. The highest BCUT2D eigenvalue weighted by molar-refractivity contribution is 6.05. The number of urea groups is 1. The van der Waals surface area contributed by atoms with Crippen LogP contribution in [-0.4, -0.2) is 40.1 Å². The van der Waals surface area contributed by atoms with Gasteiger partial charge in [0.25, 0.3) is 0 Å². The Labute approximate surface area is 279 Å². The van der Waals surface area contributed by atoms with Crippen molar-refractivity contribution in [2.45, 2.75) is 32.9 Å². The maximum absolute atomic E-state index is 14.8. The smallest absolute Gasteiger partial charge is 0.330 e. The molecule has 47 heavy (non-hydrogen) atoms. The van der Waals surface area contributed by atoms with E-state index in [1.165, 1.54) is 0 Å². The molecular weight excluding hydrogens is 603 g/mol. The first-order valence-electron chi connectivity index (χ1n) is 15.6. The molecule has 4 aromatic carbocycles. The van der Waals surface area contributed by atoms with Gasteiger partial charge >= 0.3 is 6.03 Å². The second-order valence-corrected chi connectivity index (χ2v) is 12.9. The van der Waals surface area contributed by atoms with Gasteiger partial charge in [0, 0.05) is 35.6 Å². The van der Waals surface area contributed by atoms with E-state index in [0.717, 1.165) is 28.1 Å². The van der Waals surface area contributed by atoms with Gasteiger partial charge in [0.1, 0.15) is 17.2 Å². The Balaban J connectivity index is 1.50. The van der Waals surface area contributed by atoms with Crippen molar-refractivity contribution in [1.29, 1.82) is 0 Å². The molecule has 0 saturated heterocycles. The number of hydrogen-bond donors (Lipinski definition) is 1. The molecule has 1 aliphatic heterocycles. The lowest BCUT2D eigenvalue weighted by Crippen LogP contribution is -2.56. The molecule has 8 nitrogen and oxygen atoms in total. The molecule has 0 unspecified atom stereocenters. The molecule has 2 amide bonds. The number of para-hydroxylation sites is 1. The van der Waals surface area contributed by atoms with Crippen molar-refractivity contribution >= 4 is 39.7 Å². The Bertz CT molecular complexity index is 1760. The van der Waals surface area contributed by atoms with E-state index in [1.54, 1.807) is 23.1 Å². The zero-order valence-electron chi connectivity index (χ0n) is 27.1. The zero-order valence-corrected chi connectivity index (χ0v) is 28.1. The standard InChI is InChI=1S/C38H38N5O3Si/c1-37(2,3)33(38(46-47,28-14-8-5-9-15-28)29-16-10-6-11-17-29)26-43-34-27(24-39-35(41-34)40-30-18-12-7-13-19-30)25-42(36(43)44)31-20-22-32(45-4)23-21-31/h5-24,33H,25-26H2,1-4H3,(H,39,40,41)/t33-/m1/s1. The number of ether oxygens (including phenoxy) is 1. The van der Waals surface area contributed by atoms with Crippen molar-refractivity contribution in [2.24, 2.45) is 11.3 Å². The van der Waals surface area contributed by atoms with Gasteiger partial charge in [0.2, 0.25) is 16.4 Å². The summed E-state index contributed by atoms with van der Waals surface area (Å²) in [5.41, 5.74) is 3.03. The summed E-state index contributed by atoms with van der Waals surface area (Å²) >= 11 is 0. The molecule has 1 aliphatic rings. The number of aromatic nitrogens is 2. The number of hydrogen-bond acceptors (Lipinski definition) is 6. The van der Waals surface area contributed by atoms with Crippen molar-refractivity contribution in [3.63, 3.8) is 0 Å². The van der Waals surface area contributed by atoms with Gasteiger partial charge in [-0.1, -0.05) is 99.6 Å². The second-order valence-electron chi connectivity index (χ2n) is 12.7. The van der Waals surface area contributed by atoms with Crippen molar-refractivity contribution < 1.29 is 14.0 Å². The van der Waals surface area contributed by atoms with E-state index in [9.17, 15) is 4.79 Å². The van der Waals surface area contributed by atoms with Crippen LogP contribution in [0.3, 0.4) is 0 Å². The molecule has 9 heteroatoms. The summed E-state index contributed by atoms with van der Waals surface area (Å²) in [7, 11) is 5.19. The number of nitrogens with zero attached hydrogens (tertiary/aromatic N) is 4. The summed E-state index contributed by atoms with van der Waals surface area (Å²) in [6.45, 7) is 7.16. The van der Waals surface area contributed by atoms with Crippen LogP contribution in [0.25, 0.3) is 0 Å². The van der Waals surface area contributed by atoms with Crippen LogP contribution in [0.15, 0.2) is 121 Å². The Hall–Kier alpha value is -4.99. The molecule has 3 radical (unpaired) electrons. The first-order valence-corrected chi connectivity index (χ1v) is 16.0. The topological polar surface area (TPSA) is 79.8 Å². The number of methoxy groups -OCH3 is 1. The minimum absolute atomic E-state index is 0.190. The quantitative estimate of drug-likeness (QED) is 0.157. The SMILES string of the molecule is COc1ccc(N2Cc3cnc(Nc4ccccc4)nc3N(C[C@H](C(C)(C)C)C(O[Si])(c3ccccc3)c3ccccc3)C2=O)cc1. The molecular formula is C38H38N5O3Si. The molecule has 0 fully saturated rings. The number of fused-ring (bicyclic) bond motifs is 1. The molecule has 0 saturated carbocycles. The lowest BCUT2D eigenvalue weighted by Gasteiger charge is -2.49. The van der Waals surface area contributed by atoms with Gasteiger partial charge in [-0.3, -0.25) is 9.80 Å². The van der Waals surface area contributed by atoms with Gasteiger partial charge in [-0.2, -0.15) is 4.98 Å². The largest absolute Gasteiger partial charge is 0.497 e. The monoisotopic (exact) mass is 640 g/mol. The predicted octanol–water partition coefficient (Wildman–Crippen LogP) is 7.88. The van der Waals surface area contributed by atoms with Gasteiger partial charge in [-0.15, -0.1) is 0 Å². The zero-order chi connectivity index (χ0) is 33.0. The number of anilines is 4. The minimum Gasteiger partial charge on any atom is -0.497 e. The van der Waals surface area contributed by atoms with E-state index < -0.39 is 5.60 Å². The normalized spacial score (nSPS) is 14.0. The number of nitrogens with one attached hydrogen (secondary N) is 1. The summed E-state index contributed by atoms with van der Waals surface area (Å²) in [6, 6.07) is 37.4. The maximum Gasteiger partial charge on any atom is 0.330 e. The highest BCUT2D eigenvalue weighted by Crippen LogP contribution is 2.49. The van der Waals surface area contributed by atoms with Crippen LogP contribution in [0.4, 0.5) is 27.9 Å². The second kappa shape index (κ2) is 13.4. The van der Waals surface area contributed by atoms with Gasteiger partial charge in [0.05, 0.1) is 13.7 Å². The van der Waals surface area contributed by atoms with Crippen LogP contribution < -0.4 is 19.9 Å². The van der Waals surface area contributed by atoms with Gasteiger partial charge < -0.3 is 14.5 Å². The Kier molecular flexibility index (Phi) is 9.11. The number of rotatable bonds is 10. The molecule has 5 aromatic rings. The molecule has 6 rings (SSSR count). The molecule has 1 atom stereocenters. The fraction of sp³-hybridized carbons (Fsp3) is 0.237. The van der Waals surface area contributed by atoms with Crippen molar-refractivity contribution in [1.82, 2.24) is 9.97 Å². The van der Waals surface area contributed by atoms with Gasteiger partial charge in [0.15, 0.2) is 0 Å². The van der Waals surface area contributed by atoms with E-state index in [4.69, 9.17) is 14.1 Å². The van der Waals surface area contributed by atoms with Crippen LogP contribution in [0.2, 0.25) is 0 Å². The first-order chi connectivity index (χ1) is 22.7. The Morgan fingerprint density at radius 2 is 1.43 bits per heavy atom. The Morgan fingerprint density at radius 3 is 1.96 bits per heavy atom. The van der Waals surface area contributed by atoms with Crippen LogP contribution in [0.5, 0.6) is 5.75 Å². The minimum atomic E-state index is -0.974. The molecule has 0 spiro atoms. The van der Waals surface area contributed by atoms with E-state index in [1.807, 2.05) is 91.0 Å². The van der Waals surface area contributed by atoms with Gasteiger partial charge in [-0.05, 0) is 52.9 Å². The average Bonchev–Trinajstić information content (AvgIpc) is 3.10. The fourth-order valence-electron chi connectivity index (χ4n) is 6.38. The van der Waals surface area contributed by atoms with E-state index in [-0.39, 0.29) is 23.9 Å². The fourth-order valence-corrected chi connectivity index (χ4v) is 6.76. The Morgan fingerprint density at radius 1 is 0.851 bits per heavy atom.